The van der Waals surface area contributed by atoms with E-state index in [1.54, 1.807) is 0 Å². The molecular weight excluding hydrogens is 308 g/mol. The molecule has 0 aliphatic heterocycles. The molecule has 0 heterocycles. The van der Waals surface area contributed by atoms with E-state index in [-0.39, 0.29) is 6.61 Å². The summed E-state index contributed by atoms with van der Waals surface area (Å²) in [4.78, 5) is 0. The third-order valence-corrected chi connectivity index (χ3v) is 4.22. The van der Waals surface area contributed by atoms with E-state index in [2.05, 4.69) is 66.8 Å². The number of unbranched alkanes of at least 4 members (excludes halogenated alkanes) is 1. The number of benzene rings is 2. The average Bonchev–Trinajstić information content (AvgIpc) is 2.95. The van der Waals surface area contributed by atoms with Gasteiger partial charge in [0.25, 0.3) is 0 Å². The predicted octanol–water partition coefficient (Wildman–Crippen LogP) is 5.40. The second kappa shape index (κ2) is 9.05. The normalized spacial score (nSPS) is 13.4. The lowest BCUT2D eigenvalue weighted by Gasteiger charge is -2.08. The Morgan fingerprint density at radius 1 is 0.800 bits per heavy atom. The van der Waals surface area contributed by atoms with Crippen LogP contribution in [0.3, 0.4) is 0 Å². The minimum absolute atomic E-state index is 0.224. The zero-order valence-corrected chi connectivity index (χ0v) is 14.4. The molecule has 0 unspecified atom stereocenters. The van der Waals surface area contributed by atoms with Gasteiger partial charge in [0, 0.05) is 6.61 Å². The molecule has 0 aromatic heterocycles. The van der Waals surface area contributed by atoms with Crippen LogP contribution in [0.4, 0.5) is 0 Å². The van der Waals surface area contributed by atoms with Crippen LogP contribution in [0.25, 0.3) is 16.7 Å². The summed E-state index contributed by atoms with van der Waals surface area (Å²) < 4.78 is 5.68. The van der Waals surface area contributed by atoms with E-state index in [1.165, 1.54) is 22.3 Å². The van der Waals surface area contributed by atoms with Crippen molar-refractivity contribution in [3.63, 3.8) is 0 Å². The molecule has 0 saturated carbocycles. The Labute approximate surface area is 149 Å². The lowest BCUT2D eigenvalue weighted by Crippen LogP contribution is -1.98. The first-order valence-electron chi connectivity index (χ1n) is 8.85. The molecule has 1 N–H and O–H groups in total. The SMILES string of the molecule is OCCCCOc1ccc(-c2ccc(C3=CCC=CC=C3)cc2)cc1. The second-order valence-electron chi connectivity index (χ2n) is 6.06. The molecular formula is C23H24O2. The maximum absolute atomic E-state index is 8.78. The van der Waals surface area contributed by atoms with Crippen molar-refractivity contribution in [2.45, 2.75) is 19.3 Å². The monoisotopic (exact) mass is 332 g/mol. The van der Waals surface area contributed by atoms with Crippen molar-refractivity contribution in [3.05, 3.63) is 84.5 Å². The number of ether oxygens (including phenoxy) is 1. The second-order valence-corrected chi connectivity index (χ2v) is 6.06. The number of hydrogen-bond donors (Lipinski definition) is 1. The largest absolute Gasteiger partial charge is 0.494 e. The quantitative estimate of drug-likeness (QED) is 0.687. The van der Waals surface area contributed by atoms with Crippen molar-refractivity contribution < 1.29 is 9.84 Å². The highest BCUT2D eigenvalue weighted by molar-refractivity contribution is 5.77. The molecule has 128 valence electrons. The molecule has 0 atom stereocenters. The first-order valence-corrected chi connectivity index (χ1v) is 8.85. The van der Waals surface area contributed by atoms with Gasteiger partial charge in [-0.3, -0.25) is 0 Å². The van der Waals surface area contributed by atoms with E-state index < -0.39 is 0 Å². The molecule has 0 radical (unpaired) electrons. The fraction of sp³-hybridized carbons (Fsp3) is 0.217. The van der Waals surface area contributed by atoms with Crippen LogP contribution in [0.2, 0.25) is 0 Å². The molecule has 2 heteroatoms. The Kier molecular flexibility index (Phi) is 6.24. The summed E-state index contributed by atoms with van der Waals surface area (Å²) >= 11 is 0. The van der Waals surface area contributed by atoms with Crippen LogP contribution in [0.15, 0.2) is 78.9 Å². The van der Waals surface area contributed by atoms with Gasteiger partial charge in [-0.05, 0) is 53.7 Å². The number of aliphatic hydroxyl groups is 1. The lowest BCUT2D eigenvalue weighted by molar-refractivity contribution is 0.253. The summed E-state index contributed by atoms with van der Waals surface area (Å²) in [6.45, 7) is 0.869. The van der Waals surface area contributed by atoms with E-state index in [4.69, 9.17) is 9.84 Å². The van der Waals surface area contributed by atoms with Gasteiger partial charge < -0.3 is 9.84 Å². The molecule has 0 amide bonds. The summed E-state index contributed by atoms with van der Waals surface area (Å²) in [6.07, 6.45) is 13.4. The van der Waals surface area contributed by atoms with E-state index in [1.807, 2.05) is 12.1 Å². The number of allylic oxidation sites excluding steroid dienone is 6. The van der Waals surface area contributed by atoms with Crippen molar-refractivity contribution in [1.82, 2.24) is 0 Å². The first-order chi connectivity index (χ1) is 12.4. The molecule has 0 bridgehead atoms. The van der Waals surface area contributed by atoms with Gasteiger partial charge in [-0.15, -0.1) is 0 Å². The average molecular weight is 332 g/mol. The van der Waals surface area contributed by atoms with E-state index in [9.17, 15) is 0 Å². The Balaban J connectivity index is 1.65. The van der Waals surface area contributed by atoms with E-state index in [0.29, 0.717) is 6.61 Å². The van der Waals surface area contributed by atoms with Crippen LogP contribution in [0.1, 0.15) is 24.8 Å². The summed E-state index contributed by atoms with van der Waals surface area (Å²) in [5.41, 5.74) is 4.89. The maximum Gasteiger partial charge on any atom is 0.119 e. The van der Waals surface area contributed by atoms with Gasteiger partial charge in [-0.25, -0.2) is 0 Å². The molecule has 25 heavy (non-hydrogen) atoms. The molecule has 2 aromatic rings. The Morgan fingerprint density at radius 2 is 1.48 bits per heavy atom. The maximum atomic E-state index is 8.78. The van der Waals surface area contributed by atoms with Crippen molar-refractivity contribution >= 4 is 5.57 Å². The minimum atomic E-state index is 0.224. The van der Waals surface area contributed by atoms with E-state index >= 15 is 0 Å². The van der Waals surface area contributed by atoms with Crippen LogP contribution in [-0.4, -0.2) is 18.3 Å². The molecule has 2 aromatic carbocycles. The van der Waals surface area contributed by atoms with Gasteiger partial charge in [-0.1, -0.05) is 66.8 Å². The summed E-state index contributed by atoms with van der Waals surface area (Å²) in [7, 11) is 0. The van der Waals surface area contributed by atoms with Gasteiger partial charge >= 0.3 is 0 Å². The van der Waals surface area contributed by atoms with Crippen LogP contribution in [-0.2, 0) is 0 Å². The number of aliphatic hydroxyl groups excluding tert-OH is 1. The third kappa shape index (κ3) is 4.94. The zero-order valence-electron chi connectivity index (χ0n) is 14.4. The highest BCUT2D eigenvalue weighted by atomic mass is 16.5. The van der Waals surface area contributed by atoms with Crippen LogP contribution in [0.5, 0.6) is 5.75 Å². The molecule has 3 rings (SSSR count). The summed E-state index contributed by atoms with van der Waals surface area (Å²) in [5, 5.41) is 8.78. The highest BCUT2D eigenvalue weighted by Crippen LogP contribution is 2.26. The standard InChI is InChI=1S/C23H24O2/c24-17-5-6-18-25-23-15-13-22(14-16-23)21-11-9-20(10-12-21)19-7-3-1-2-4-8-19/h1-3,7-16,24H,4-6,17-18H2. The number of rotatable bonds is 7. The Bertz CT molecular complexity index is 750. The topological polar surface area (TPSA) is 29.5 Å². The molecule has 0 fully saturated rings. The third-order valence-electron chi connectivity index (χ3n) is 4.22. The fourth-order valence-electron chi connectivity index (χ4n) is 2.80. The molecule has 0 saturated heterocycles. The van der Waals surface area contributed by atoms with Crippen LogP contribution >= 0.6 is 0 Å². The van der Waals surface area contributed by atoms with Crippen molar-refractivity contribution in [3.8, 4) is 16.9 Å². The Morgan fingerprint density at radius 3 is 2.20 bits per heavy atom. The van der Waals surface area contributed by atoms with Gasteiger partial charge in [0.15, 0.2) is 0 Å². The van der Waals surface area contributed by atoms with Gasteiger partial charge in [0.1, 0.15) is 5.75 Å². The van der Waals surface area contributed by atoms with E-state index in [0.717, 1.165) is 25.0 Å². The first kappa shape index (κ1) is 17.2. The summed E-state index contributed by atoms with van der Waals surface area (Å²) in [5.74, 6) is 0.875. The fourth-order valence-corrected chi connectivity index (χ4v) is 2.80. The van der Waals surface area contributed by atoms with Crippen LogP contribution in [0, 0.1) is 0 Å². The highest BCUT2D eigenvalue weighted by Gasteiger charge is 2.02. The van der Waals surface area contributed by atoms with Crippen molar-refractivity contribution in [2.75, 3.05) is 13.2 Å². The van der Waals surface area contributed by atoms with Gasteiger partial charge in [0.05, 0.1) is 6.61 Å². The van der Waals surface area contributed by atoms with Crippen LogP contribution < -0.4 is 4.74 Å². The summed E-state index contributed by atoms with van der Waals surface area (Å²) in [6, 6.07) is 16.9. The smallest absolute Gasteiger partial charge is 0.119 e. The lowest BCUT2D eigenvalue weighted by atomic mass is 9.99. The Hall–Kier alpha value is -2.58. The molecule has 1 aliphatic carbocycles. The molecule has 2 nitrogen and oxygen atoms in total. The molecule has 0 spiro atoms. The number of hydrogen-bond acceptors (Lipinski definition) is 2. The van der Waals surface area contributed by atoms with Crippen molar-refractivity contribution in [1.29, 1.82) is 0 Å². The van der Waals surface area contributed by atoms with Gasteiger partial charge in [-0.2, -0.15) is 0 Å². The predicted molar refractivity (Wildman–Crippen MR) is 105 cm³/mol. The minimum Gasteiger partial charge on any atom is -0.494 e. The van der Waals surface area contributed by atoms with Crippen molar-refractivity contribution in [2.24, 2.45) is 0 Å². The van der Waals surface area contributed by atoms with Gasteiger partial charge in [0.2, 0.25) is 0 Å². The molecule has 1 aliphatic rings. The zero-order chi connectivity index (χ0) is 17.3.